The minimum atomic E-state index is -0.819. The molecular formula is C15H17BrOS. The molecule has 1 aromatic heterocycles. The van der Waals surface area contributed by atoms with E-state index in [0.29, 0.717) is 6.42 Å². The van der Waals surface area contributed by atoms with Crippen LogP contribution in [0.25, 0.3) is 0 Å². The molecule has 3 heteroatoms. The molecule has 0 amide bonds. The zero-order valence-corrected chi connectivity index (χ0v) is 13.2. The fourth-order valence-electron chi connectivity index (χ4n) is 2.20. The highest BCUT2D eigenvalue weighted by molar-refractivity contribution is 9.10. The van der Waals surface area contributed by atoms with Gasteiger partial charge in [-0.15, -0.1) is 11.3 Å². The van der Waals surface area contributed by atoms with Crippen LogP contribution >= 0.6 is 27.3 Å². The predicted molar refractivity (Wildman–Crippen MR) is 81.2 cm³/mol. The average molecular weight is 325 g/mol. The van der Waals surface area contributed by atoms with Crippen LogP contribution in [0.2, 0.25) is 0 Å². The summed E-state index contributed by atoms with van der Waals surface area (Å²) in [5.74, 6) is 0. The summed E-state index contributed by atoms with van der Waals surface area (Å²) in [6, 6.07) is 8.31. The van der Waals surface area contributed by atoms with Gasteiger partial charge in [0.25, 0.3) is 0 Å². The van der Waals surface area contributed by atoms with E-state index in [2.05, 4.69) is 52.5 Å². The number of hydrogen-bond acceptors (Lipinski definition) is 2. The lowest BCUT2D eigenvalue weighted by Gasteiger charge is -2.25. The van der Waals surface area contributed by atoms with Gasteiger partial charge >= 0.3 is 0 Å². The fourth-order valence-corrected chi connectivity index (χ4v) is 3.80. The first-order valence-electron chi connectivity index (χ1n) is 5.91. The van der Waals surface area contributed by atoms with E-state index >= 15 is 0 Å². The lowest BCUT2D eigenvalue weighted by Crippen LogP contribution is -2.25. The molecule has 96 valence electrons. The van der Waals surface area contributed by atoms with E-state index in [1.165, 1.54) is 10.4 Å². The van der Waals surface area contributed by atoms with E-state index in [0.717, 1.165) is 15.6 Å². The van der Waals surface area contributed by atoms with E-state index in [4.69, 9.17) is 0 Å². The van der Waals surface area contributed by atoms with Crippen LogP contribution in [-0.2, 0) is 12.0 Å². The van der Waals surface area contributed by atoms with Crippen LogP contribution in [0.4, 0.5) is 0 Å². The van der Waals surface area contributed by atoms with Gasteiger partial charge in [-0.05, 0) is 53.9 Å². The third-order valence-electron chi connectivity index (χ3n) is 3.11. The van der Waals surface area contributed by atoms with Gasteiger partial charge in [-0.25, -0.2) is 0 Å². The van der Waals surface area contributed by atoms with Crippen molar-refractivity contribution in [3.63, 3.8) is 0 Å². The van der Waals surface area contributed by atoms with E-state index in [1.54, 1.807) is 11.3 Å². The monoisotopic (exact) mass is 324 g/mol. The zero-order chi connectivity index (χ0) is 13.3. The summed E-state index contributed by atoms with van der Waals surface area (Å²) in [6.07, 6.45) is 0.646. The lowest BCUT2D eigenvalue weighted by molar-refractivity contribution is 0.0578. The maximum absolute atomic E-state index is 10.7. The van der Waals surface area contributed by atoms with Gasteiger partial charge in [0, 0.05) is 21.2 Å². The molecule has 0 radical (unpaired) electrons. The largest absolute Gasteiger partial charge is 0.385 e. The van der Waals surface area contributed by atoms with Crippen LogP contribution in [0.3, 0.4) is 0 Å². The van der Waals surface area contributed by atoms with Crippen LogP contribution in [-0.4, -0.2) is 5.11 Å². The molecule has 1 unspecified atom stereocenters. The summed E-state index contributed by atoms with van der Waals surface area (Å²) in [4.78, 5) is 1.19. The summed E-state index contributed by atoms with van der Waals surface area (Å²) in [5, 5.41) is 12.8. The first-order chi connectivity index (χ1) is 8.38. The Balaban J connectivity index is 2.32. The van der Waals surface area contributed by atoms with Gasteiger partial charge in [0.15, 0.2) is 0 Å². The molecule has 0 bridgehead atoms. The van der Waals surface area contributed by atoms with E-state index in [-0.39, 0.29) is 0 Å². The van der Waals surface area contributed by atoms with Gasteiger partial charge in [0.1, 0.15) is 0 Å². The number of thiophene rings is 1. The highest BCUT2D eigenvalue weighted by atomic mass is 79.9. The van der Waals surface area contributed by atoms with Crippen LogP contribution in [0.1, 0.15) is 28.5 Å². The van der Waals surface area contributed by atoms with Crippen molar-refractivity contribution in [3.8, 4) is 0 Å². The van der Waals surface area contributed by atoms with E-state index in [1.807, 2.05) is 13.8 Å². The number of rotatable bonds is 3. The van der Waals surface area contributed by atoms with Crippen molar-refractivity contribution in [2.75, 3.05) is 0 Å². The van der Waals surface area contributed by atoms with Gasteiger partial charge in [-0.3, -0.25) is 0 Å². The summed E-state index contributed by atoms with van der Waals surface area (Å²) in [7, 11) is 0. The molecule has 0 saturated heterocycles. The highest BCUT2D eigenvalue weighted by Gasteiger charge is 2.26. The number of aliphatic hydroxyl groups is 1. The van der Waals surface area contributed by atoms with Crippen molar-refractivity contribution in [1.29, 1.82) is 0 Å². The maximum Gasteiger partial charge on any atom is 0.0919 e. The van der Waals surface area contributed by atoms with Gasteiger partial charge in [-0.2, -0.15) is 0 Å². The molecule has 2 aromatic rings. The minimum Gasteiger partial charge on any atom is -0.385 e. The molecule has 0 aliphatic rings. The minimum absolute atomic E-state index is 0.646. The second-order valence-corrected chi connectivity index (χ2v) is 6.91. The van der Waals surface area contributed by atoms with Crippen molar-refractivity contribution in [3.05, 3.63) is 55.7 Å². The third kappa shape index (κ3) is 3.02. The van der Waals surface area contributed by atoms with Gasteiger partial charge in [0.05, 0.1) is 5.60 Å². The molecule has 1 heterocycles. The van der Waals surface area contributed by atoms with E-state index < -0.39 is 5.60 Å². The molecule has 0 aliphatic carbocycles. The molecule has 0 aliphatic heterocycles. The Labute approximate surface area is 121 Å². The third-order valence-corrected chi connectivity index (χ3v) is 4.81. The second kappa shape index (κ2) is 5.16. The van der Waals surface area contributed by atoms with Gasteiger partial charge < -0.3 is 5.11 Å². The zero-order valence-electron chi connectivity index (χ0n) is 10.8. The van der Waals surface area contributed by atoms with Crippen molar-refractivity contribution in [2.24, 2.45) is 0 Å². The smallest absolute Gasteiger partial charge is 0.0919 e. The maximum atomic E-state index is 10.7. The molecule has 18 heavy (non-hydrogen) atoms. The fraction of sp³-hybridized carbons (Fsp3) is 0.333. The number of hydrogen-bond donors (Lipinski definition) is 1. The normalized spacial score (nSPS) is 14.5. The van der Waals surface area contributed by atoms with Crippen molar-refractivity contribution < 1.29 is 5.11 Å². The Morgan fingerprint density at radius 2 is 2.00 bits per heavy atom. The Kier molecular flexibility index (Phi) is 3.95. The molecule has 0 saturated carbocycles. The first-order valence-corrected chi connectivity index (χ1v) is 7.59. The number of halogens is 1. The molecule has 0 spiro atoms. The average Bonchev–Trinajstić information content (AvgIpc) is 2.66. The molecule has 1 aromatic carbocycles. The summed E-state index contributed by atoms with van der Waals surface area (Å²) >= 11 is 5.13. The molecule has 0 fully saturated rings. The standard InChI is InChI=1S/C15H17BrOS/c1-10-4-5-11(2)14(6-10)15(3,17)8-13-7-12(16)9-18-13/h4-7,9,17H,8H2,1-3H3. The Morgan fingerprint density at radius 3 is 2.61 bits per heavy atom. The number of aryl methyl sites for hydroxylation is 2. The Morgan fingerprint density at radius 1 is 1.28 bits per heavy atom. The Hall–Kier alpha value is -0.640. The predicted octanol–water partition coefficient (Wildman–Crippen LogP) is 4.58. The lowest BCUT2D eigenvalue weighted by atomic mass is 9.87. The van der Waals surface area contributed by atoms with Crippen LogP contribution in [0.15, 0.2) is 34.1 Å². The van der Waals surface area contributed by atoms with Crippen LogP contribution < -0.4 is 0 Å². The second-order valence-electron chi connectivity index (χ2n) is 5.00. The molecule has 2 rings (SSSR count). The van der Waals surface area contributed by atoms with Crippen LogP contribution in [0.5, 0.6) is 0 Å². The summed E-state index contributed by atoms with van der Waals surface area (Å²) < 4.78 is 1.08. The van der Waals surface area contributed by atoms with Gasteiger partial charge in [-0.1, -0.05) is 23.8 Å². The SMILES string of the molecule is Cc1ccc(C)c(C(C)(O)Cc2cc(Br)cs2)c1. The molecule has 1 nitrogen and oxygen atoms in total. The van der Waals surface area contributed by atoms with E-state index in [9.17, 15) is 5.11 Å². The number of benzene rings is 1. The highest BCUT2D eigenvalue weighted by Crippen LogP contribution is 2.31. The van der Waals surface area contributed by atoms with Crippen molar-refractivity contribution in [1.82, 2.24) is 0 Å². The van der Waals surface area contributed by atoms with Crippen molar-refractivity contribution >= 4 is 27.3 Å². The molecular weight excluding hydrogens is 308 g/mol. The molecule has 1 atom stereocenters. The Bertz CT molecular complexity index is 557. The van der Waals surface area contributed by atoms with Gasteiger partial charge in [0.2, 0.25) is 0 Å². The first kappa shape index (κ1) is 13.8. The van der Waals surface area contributed by atoms with Crippen molar-refractivity contribution in [2.45, 2.75) is 32.8 Å². The molecule has 1 N–H and O–H groups in total. The topological polar surface area (TPSA) is 20.2 Å². The van der Waals surface area contributed by atoms with Crippen LogP contribution in [0, 0.1) is 13.8 Å². The quantitative estimate of drug-likeness (QED) is 0.876. The summed E-state index contributed by atoms with van der Waals surface area (Å²) in [6.45, 7) is 6.00. The summed E-state index contributed by atoms with van der Waals surface area (Å²) in [5.41, 5.74) is 2.52.